The Morgan fingerprint density at radius 2 is 1.75 bits per heavy atom. The summed E-state index contributed by atoms with van der Waals surface area (Å²) >= 11 is 5.75. The highest BCUT2D eigenvalue weighted by Crippen LogP contribution is 2.25. The van der Waals surface area contributed by atoms with E-state index in [1.165, 1.54) is 28.6 Å². The molecule has 0 aliphatic carbocycles. The Kier molecular flexibility index (Phi) is 5.18. The summed E-state index contributed by atoms with van der Waals surface area (Å²) in [6, 6.07) is 5.81. The fourth-order valence-corrected chi connectivity index (χ4v) is 3.66. The van der Waals surface area contributed by atoms with Crippen LogP contribution in [-0.4, -0.2) is 35.9 Å². The van der Waals surface area contributed by atoms with Gasteiger partial charge in [-0.1, -0.05) is 11.6 Å². The van der Waals surface area contributed by atoms with Crippen LogP contribution < -0.4 is 0 Å². The monoisotopic (exact) mass is 319 g/mol. The van der Waals surface area contributed by atoms with Gasteiger partial charge in [-0.2, -0.15) is 4.31 Å². The minimum atomic E-state index is -3.76. The van der Waals surface area contributed by atoms with E-state index in [9.17, 15) is 13.2 Å². The maximum absolute atomic E-state index is 12.6. The highest BCUT2D eigenvalue weighted by atomic mass is 35.5. The zero-order valence-electron chi connectivity index (χ0n) is 11.6. The van der Waals surface area contributed by atoms with Crippen LogP contribution >= 0.6 is 11.6 Å². The van der Waals surface area contributed by atoms with Gasteiger partial charge < -0.3 is 5.11 Å². The molecule has 0 aliphatic heterocycles. The summed E-state index contributed by atoms with van der Waals surface area (Å²) in [5.41, 5.74) is -0.714. The molecular formula is C13H18ClNO4S. The normalized spacial score (nSPS) is 12.7. The van der Waals surface area contributed by atoms with Crippen molar-refractivity contribution in [2.24, 2.45) is 0 Å². The number of nitrogens with zero attached hydrogens (tertiary/aromatic N) is 1. The predicted molar refractivity (Wildman–Crippen MR) is 77.3 cm³/mol. The largest absolute Gasteiger partial charge is 0.481 e. The first-order valence-electron chi connectivity index (χ1n) is 6.05. The molecule has 0 unspecified atom stereocenters. The van der Waals surface area contributed by atoms with Gasteiger partial charge >= 0.3 is 5.97 Å². The summed E-state index contributed by atoms with van der Waals surface area (Å²) in [5.74, 6) is -1.04. The van der Waals surface area contributed by atoms with Crippen molar-refractivity contribution in [3.63, 3.8) is 0 Å². The van der Waals surface area contributed by atoms with E-state index in [0.717, 1.165) is 0 Å². The minimum Gasteiger partial charge on any atom is -0.481 e. The molecule has 0 radical (unpaired) electrons. The molecule has 0 saturated heterocycles. The second-order valence-corrected chi connectivity index (χ2v) is 7.64. The molecule has 0 aromatic heterocycles. The zero-order chi connectivity index (χ0) is 15.6. The lowest BCUT2D eigenvalue weighted by Crippen LogP contribution is -2.46. The predicted octanol–water partition coefficient (Wildman–Crippen LogP) is 2.60. The van der Waals surface area contributed by atoms with Crippen molar-refractivity contribution in [1.82, 2.24) is 4.31 Å². The first-order valence-corrected chi connectivity index (χ1v) is 7.87. The van der Waals surface area contributed by atoms with Gasteiger partial charge in [-0.05, 0) is 45.0 Å². The molecule has 0 spiro atoms. The Morgan fingerprint density at radius 3 is 2.15 bits per heavy atom. The number of benzene rings is 1. The second kappa shape index (κ2) is 6.11. The fraction of sp³-hybridized carbons (Fsp3) is 0.462. The molecule has 112 valence electrons. The van der Waals surface area contributed by atoms with Crippen LogP contribution in [0.5, 0.6) is 0 Å². The smallest absolute Gasteiger partial charge is 0.304 e. The molecule has 5 nitrogen and oxygen atoms in total. The van der Waals surface area contributed by atoms with Gasteiger partial charge in [-0.3, -0.25) is 4.79 Å². The van der Waals surface area contributed by atoms with Crippen molar-refractivity contribution < 1.29 is 18.3 Å². The maximum Gasteiger partial charge on any atom is 0.304 e. The summed E-state index contributed by atoms with van der Waals surface area (Å²) < 4.78 is 26.4. The van der Waals surface area contributed by atoms with Crippen molar-refractivity contribution >= 4 is 27.6 Å². The van der Waals surface area contributed by atoms with Gasteiger partial charge in [0.25, 0.3) is 0 Å². The number of rotatable bonds is 5. The molecule has 1 aromatic rings. The van der Waals surface area contributed by atoms with E-state index in [-0.39, 0.29) is 17.9 Å². The number of carbonyl (C=O) groups is 1. The summed E-state index contributed by atoms with van der Waals surface area (Å²) in [7, 11) is -3.76. The van der Waals surface area contributed by atoms with Crippen LogP contribution in [0.1, 0.15) is 27.2 Å². The first kappa shape index (κ1) is 16.9. The van der Waals surface area contributed by atoms with Crippen molar-refractivity contribution in [3.8, 4) is 0 Å². The van der Waals surface area contributed by atoms with E-state index < -0.39 is 21.5 Å². The molecule has 7 heteroatoms. The topological polar surface area (TPSA) is 74.7 Å². The van der Waals surface area contributed by atoms with Gasteiger partial charge in [0.1, 0.15) is 0 Å². The lowest BCUT2D eigenvalue weighted by molar-refractivity contribution is -0.137. The molecule has 0 heterocycles. The van der Waals surface area contributed by atoms with Crippen LogP contribution in [0.15, 0.2) is 29.2 Å². The molecule has 0 amide bonds. The first-order chi connectivity index (χ1) is 9.05. The van der Waals surface area contributed by atoms with Gasteiger partial charge in [0.2, 0.25) is 10.0 Å². The zero-order valence-corrected chi connectivity index (χ0v) is 13.2. The van der Waals surface area contributed by atoms with Crippen LogP contribution in [0, 0.1) is 0 Å². The van der Waals surface area contributed by atoms with Crippen molar-refractivity contribution in [3.05, 3.63) is 29.3 Å². The number of carboxylic acid groups (broad SMARTS) is 1. The average molecular weight is 320 g/mol. The van der Waals surface area contributed by atoms with E-state index in [1.54, 1.807) is 20.8 Å². The molecule has 20 heavy (non-hydrogen) atoms. The number of hydrogen-bond acceptors (Lipinski definition) is 3. The van der Waals surface area contributed by atoms with Gasteiger partial charge in [-0.25, -0.2) is 8.42 Å². The van der Waals surface area contributed by atoms with E-state index in [1.807, 2.05) is 0 Å². The molecule has 1 rings (SSSR count). The summed E-state index contributed by atoms with van der Waals surface area (Å²) in [5, 5.41) is 9.20. The molecule has 0 saturated carbocycles. The Balaban J connectivity index is 3.17. The fourth-order valence-electron chi connectivity index (χ4n) is 1.75. The third-order valence-electron chi connectivity index (χ3n) is 2.68. The Morgan fingerprint density at radius 1 is 1.25 bits per heavy atom. The van der Waals surface area contributed by atoms with E-state index in [4.69, 9.17) is 16.7 Å². The quantitative estimate of drug-likeness (QED) is 0.905. The molecule has 1 aromatic carbocycles. The van der Waals surface area contributed by atoms with Crippen LogP contribution in [0.2, 0.25) is 5.02 Å². The minimum absolute atomic E-state index is 0.0796. The van der Waals surface area contributed by atoms with E-state index in [2.05, 4.69) is 0 Å². The number of hydrogen-bond donors (Lipinski definition) is 1. The third-order valence-corrected chi connectivity index (χ3v) is 5.11. The average Bonchev–Trinajstić information content (AvgIpc) is 2.26. The highest BCUT2D eigenvalue weighted by molar-refractivity contribution is 7.89. The van der Waals surface area contributed by atoms with E-state index >= 15 is 0 Å². The third kappa shape index (κ3) is 4.19. The van der Waals surface area contributed by atoms with Gasteiger partial charge in [0.15, 0.2) is 0 Å². The lowest BCUT2D eigenvalue weighted by Gasteiger charge is -2.34. The molecule has 1 N–H and O–H groups in total. The lowest BCUT2D eigenvalue weighted by atomic mass is 10.1. The molecule has 0 atom stereocenters. The van der Waals surface area contributed by atoms with Crippen molar-refractivity contribution in [2.45, 2.75) is 37.6 Å². The van der Waals surface area contributed by atoms with Gasteiger partial charge in [0.05, 0.1) is 11.3 Å². The molecule has 0 fully saturated rings. The summed E-state index contributed by atoms with van der Waals surface area (Å²) in [6.07, 6.45) is -0.246. The van der Waals surface area contributed by atoms with Crippen LogP contribution in [-0.2, 0) is 14.8 Å². The SMILES string of the molecule is CC(C)(C)N(CCC(=O)O)S(=O)(=O)c1ccc(Cl)cc1. The van der Waals surface area contributed by atoms with Gasteiger partial charge in [0, 0.05) is 17.1 Å². The van der Waals surface area contributed by atoms with Crippen LogP contribution in [0.25, 0.3) is 0 Å². The summed E-state index contributed by atoms with van der Waals surface area (Å²) in [6.45, 7) is 5.09. The highest BCUT2D eigenvalue weighted by Gasteiger charge is 2.34. The molecule has 0 bridgehead atoms. The maximum atomic E-state index is 12.6. The van der Waals surface area contributed by atoms with Crippen molar-refractivity contribution in [1.29, 1.82) is 0 Å². The van der Waals surface area contributed by atoms with E-state index in [0.29, 0.717) is 5.02 Å². The number of carboxylic acids is 1. The standard InChI is InChI=1S/C13H18ClNO4S/c1-13(2,3)15(9-8-12(16)17)20(18,19)11-6-4-10(14)5-7-11/h4-7H,8-9H2,1-3H3,(H,16,17). The van der Waals surface area contributed by atoms with Crippen LogP contribution in [0.4, 0.5) is 0 Å². The summed E-state index contributed by atoms with van der Waals surface area (Å²) in [4.78, 5) is 10.8. The molecule has 0 aliphatic rings. The second-order valence-electron chi connectivity index (χ2n) is 5.35. The number of aliphatic carboxylic acids is 1. The molecular weight excluding hydrogens is 302 g/mol. The number of halogens is 1. The number of sulfonamides is 1. The van der Waals surface area contributed by atoms with Gasteiger partial charge in [-0.15, -0.1) is 0 Å². The van der Waals surface area contributed by atoms with Crippen molar-refractivity contribution in [2.75, 3.05) is 6.54 Å². The Labute approximate surface area is 124 Å². The van der Waals surface area contributed by atoms with Crippen LogP contribution in [0.3, 0.4) is 0 Å². The Hall–Kier alpha value is -1.11. The Bertz CT molecular complexity index is 575.